The van der Waals surface area contributed by atoms with E-state index in [0.717, 1.165) is 26.1 Å². The van der Waals surface area contributed by atoms with Gasteiger partial charge in [-0.1, -0.05) is 13.8 Å². The number of carbonyl (C=O) groups is 1. The van der Waals surface area contributed by atoms with Crippen molar-refractivity contribution in [2.24, 2.45) is 11.8 Å². The van der Waals surface area contributed by atoms with Crippen molar-refractivity contribution < 1.29 is 14.3 Å². The Morgan fingerprint density at radius 2 is 2.13 bits per heavy atom. The Morgan fingerprint density at radius 3 is 2.67 bits per heavy atom. The summed E-state index contributed by atoms with van der Waals surface area (Å²) in [5, 5.41) is 3.15. The van der Waals surface area contributed by atoms with Crippen LogP contribution in [0.3, 0.4) is 0 Å². The first-order valence-corrected chi connectivity index (χ1v) is 5.70. The topological polar surface area (TPSA) is 47.6 Å². The Kier molecular flexibility index (Phi) is 5.65. The Labute approximate surface area is 91.3 Å². The van der Waals surface area contributed by atoms with Crippen molar-refractivity contribution in [2.45, 2.75) is 20.3 Å². The van der Waals surface area contributed by atoms with Gasteiger partial charge in [-0.2, -0.15) is 0 Å². The largest absolute Gasteiger partial charge is 0.463 e. The van der Waals surface area contributed by atoms with Crippen LogP contribution in [0.1, 0.15) is 20.3 Å². The normalized spacial score (nSPS) is 18.3. The summed E-state index contributed by atoms with van der Waals surface area (Å²) < 4.78 is 10.3. The van der Waals surface area contributed by atoms with Crippen LogP contribution in [-0.4, -0.2) is 38.9 Å². The van der Waals surface area contributed by atoms with Crippen LogP contribution in [0, 0.1) is 11.8 Å². The van der Waals surface area contributed by atoms with E-state index in [1.165, 1.54) is 0 Å². The fraction of sp³-hybridized carbons (Fsp3) is 0.909. The zero-order chi connectivity index (χ0) is 11.1. The first-order chi connectivity index (χ1) is 7.25. The molecule has 0 radical (unpaired) electrons. The van der Waals surface area contributed by atoms with Crippen molar-refractivity contribution in [3.8, 4) is 0 Å². The zero-order valence-corrected chi connectivity index (χ0v) is 9.62. The highest BCUT2D eigenvalue weighted by molar-refractivity contribution is 5.72. The molecule has 1 rings (SSSR count). The van der Waals surface area contributed by atoms with E-state index in [0.29, 0.717) is 19.1 Å². The molecular formula is C11H21NO3. The number of rotatable bonds is 7. The van der Waals surface area contributed by atoms with Crippen LogP contribution in [0.4, 0.5) is 0 Å². The number of hydrogen-bond donors (Lipinski definition) is 1. The third-order valence-corrected chi connectivity index (χ3v) is 2.71. The molecule has 0 spiro atoms. The lowest BCUT2D eigenvalue weighted by Gasteiger charge is -2.31. The summed E-state index contributed by atoms with van der Waals surface area (Å²) >= 11 is 0. The third kappa shape index (κ3) is 4.18. The lowest BCUT2D eigenvalue weighted by atomic mass is 9.89. The molecule has 88 valence electrons. The number of ether oxygens (including phenoxy) is 2. The fourth-order valence-corrected chi connectivity index (χ4v) is 1.44. The van der Waals surface area contributed by atoms with Gasteiger partial charge in [0.05, 0.1) is 12.5 Å². The Bertz CT molecular complexity index is 192. The average Bonchev–Trinajstić information content (AvgIpc) is 2.14. The van der Waals surface area contributed by atoms with E-state index in [1.807, 2.05) is 6.92 Å². The fourth-order valence-electron chi connectivity index (χ4n) is 1.44. The Balaban J connectivity index is 2.02. The maximum Gasteiger partial charge on any atom is 0.309 e. The van der Waals surface area contributed by atoms with Crippen LogP contribution in [0.25, 0.3) is 0 Å². The van der Waals surface area contributed by atoms with Crippen molar-refractivity contribution in [3.63, 3.8) is 0 Å². The lowest BCUT2D eigenvalue weighted by molar-refractivity contribution is -0.152. The smallest absolute Gasteiger partial charge is 0.309 e. The summed E-state index contributed by atoms with van der Waals surface area (Å²) in [7, 11) is 0. The third-order valence-electron chi connectivity index (χ3n) is 2.71. The summed E-state index contributed by atoms with van der Waals surface area (Å²) in [6, 6.07) is 0. The minimum atomic E-state index is -0.0957. The van der Waals surface area contributed by atoms with Gasteiger partial charge in [-0.15, -0.1) is 0 Å². The minimum Gasteiger partial charge on any atom is -0.463 e. The molecule has 0 amide bonds. The maximum atomic E-state index is 11.5. The van der Waals surface area contributed by atoms with Gasteiger partial charge in [0.15, 0.2) is 0 Å². The number of esters is 1. The summed E-state index contributed by atoms with van der Waals surface area (Å²) in [4.78, 5) is 11.5. The molecule has 1 atom stereocenters. The molecule has 1 heterocycles. The van der Waals surface area contributed by atoms with E-state index in [1.54, 1.807) is 0 Å². The van der Waals surface area contributed by atoms with Gasteiger partial charge < -0.3 is 14.8 Å². The molecule has 1 aliphatic heterocycles. The van der Waals surface area contributed by atoms with E-state index in [-0.39, 0.29) is 11.9 Å². The van der Waals surface area contributed by atoms with Crippen LogP contribution >= 0.6 is 0 Å². The minimum absolute atomic E-state index is 0.0115. The van der Waals surface area contributed by atoms with Gasteiger partial charge in [-0.05, 0) is 25.4 Å². The number of carbonyl (C=O) groups excluding carboxylic acids is 1. The SMILES string of the molecule is CCCOCCOC(=O)C(C)C1CNC1. The highest BCUT2D eigenvalue weighted by atomic mass is 16.6. The maximum absolute atomic E-state index is 11.5. The van der Waals surface area contributed by atoms with E-state index in [2.05, 4.69) is 12.2 Å². The summed E-state index contributed by atoms with van der Waals surface area (Å²) in [5.41, 5.74) is 0. The second-order valence-corrected chi connectivity index (χ2v) is 3.99. The zero-order valence-electron chi connectivity index (χ0n) is 9.62. The van der Waals surface area contributed by atoms with Gasteiger partial charge >= 0.3 is 5.97 Å². The quantitative estimate of drug-likeness (QED) is 0.504. The van der Waals surface area contributed by atoms with Crippen LogP contribution in [-0.2, 0) is 14.3 Å². The number of nitrogens with one attached hydrogen (secondary N) is 1. The predicted octanol–water partition coefficient (Wildman–Crippen LogP) is 0.812. The monoisotopic (exact) mass is 215 g/mol. The van der Waals surface area contributed by atoms with Crippen molar-refractivity contribution in [3.05, 3.63) is 0 Å². The summed E-state index contributed by atoms with van der Waals surface area (Å²) in [6.45, 7) is 7.47. The van der Waals surface area contributed by atoms with Gasteiger partial charge in [-0.25, -0.2) is 0 Å². The Morgan fingerprint density at radius 1 is 1.40 bits per heavy atom. The van der Waals surface area contributed by atoms with E-state index in [4.69, 9.17) is 9.47 Å². The second kappa shape index (κ2) is 6.80. The molecule has 0 saturated carbocycles. The van der Waals surface area contributed by atoms with E-state index in [9.17, 15) is 4.79 Å². The molecule has 0 aromatic heterocycles. The van der Waals surface area contributed by atoms with Crippen LogP contribution in [0.5, 0.6) is 0 Å². The standard InChI is InChI=1S/C11H21NO3/c1-3-4-14-5-6-15-11(13)9(2)10-7-12-8-10/h9-10,12H,3-8H2,1-2H3. The van der Waals surface area contributed by atoms with Crippen molar-refractivity contribution in [1.82, 2.24) is 5.32 Å². The van der Waals surface area contributed by atoms with Crippen LogP contribution < -0.4 is 5.32 Å². The highest BCUT2D eigenvalue weighted by Gasteiger charge is 2.29. The van der Waals surface area contributed by atoms with Crippen molar-refractivity contribution in [1.29, 1.82) is 0 Å². The molecular weight excluding hydrogens is 194 g/mol. The molecule has 1 N–H and O–H groups in total. The highest BCUT2D eigenvalue weighted by Crippen LogP contribution is 2.16. The predicted molar refractivity (Wildman–Crippen MR) is 57.6 cm³/mol. The van der Waals surface area contributed by atoms with Crippen LogP contribution in [0.15, 0.2) is 0 Å². The summed E-state index contributed by atoms with van der Waals surface area (Å²) in [6.07, 6.45) is 0.998. The molecule has 1 aliphatic rings. The molecule has 0 aromatic rings. The molecule has 0 bridgehead atoms. The molecule has 1 fully saturated rings. The average molecular weight is 215 g/mol. The summed E-state index contributed by atoms with van der Waals surface area (Å²) in [5.74, 6) is 0.369. The van der Waals surface area contributed by atoms with Crippen LogP contribution in [0.2, 0.25) is 0 Å². The van der Waals surface area contributed by atoms with Gasteiger partial charge in [0.1, 0.15) is 6.61 Å². The first kappa shape index (κ1) is 12.5. The van der Waals surface area contributed by atoms with Gasteiger partial charge in [0.2, 0.25) is 0 Å². The first-order valence-electron chi connectivity index (χ1n) is 5.70. The van der Waals surface area contributed by atoms with Gasteiger partial charge in [-0.3, -0.25) is 4.79 Å². The molecule has 4 nitrogen and oxygen atoms in total. The lowest BCUT2D eigenvalue weighted by Crippen LogP contribution is -2.47. The van der Waals surface area contributed by atoms with Gasteiger partial charge in [0, 0.05) is 6.61 Å². The molecule has 4 heteroatoms. The Hall–Kier alpha value is -0.610. The van der Waals surface area contributed by atoms with Gasteiger partial charge in [0.25, 0.3) is 0 Å². The van der Waals surface area contributed by atoms with Crippen molar-refractivity contribution >= 4 is 5.97 Å². The molecule has 0 aromatic carbocycles. The van der Waals surface area contributed by atoms with E-state index < -0.39 is 0 Å². The molecule has 1 unspecified atom stereocenters. The molecule has 0 aliphatic carbocycles. The molecule has 1 saturated heterocycles. The second-order valence-electron chi connectivity index (χ2n) is 3.99. The van der Waals surface area contributed by atoms with E-state index >= 15 is 0 Å². The number of hydrogen-bond acceptors (Lipinski definition) is 4. The molecule has 15 heavy (non-hydrogen) atoms. The van der Waals surface area contributed by atoms with Crippen molar-refractivity contribution in [2.75, 3.05) is 32.9 Å².